The van der Waals surface area contributed by atoms with Crippen LogP contribution >= 0.6 is 0 Å². The molecule has 0 N–H and O–H groups in total. The van der Waals surface area contributed by atoms with E-state index in [1.54, 1.807) is 24.3 Å². The van der Waals surface area contributed by atoms with E-state index in [1.165, 1.54) is 18.2 Å². The topological polar surface area (TPSA) is 138 Å². The van der Waals surface area contributed by atoms with Crippen molar-refractivity contribution < 1.29 is 9.85 Å². The van der Waals surface area contributed by atoms with Crippen LogP contribution in [0.4, 0.5) is 5.69 Å². The molecule has 0 saturated carbocycles. The molecule has 1 aliphatic rings. The van der Waals surface area contributed by atoms with Crippen LogP contribution in [0.2, 0.25) is 0 Å². The predicted molar refractivity (Wildman–Crippen MR) is 167 cm³/mol. The summed E-state index contributed by atoms with van der Waals surface area (Å²) < 4.78 is 0. The van der Waals surface area contributed by atoms with Crippen molar-refractivity contribution in [3.8, 4) is 33.9 Å². The van der Waals surface area contributed by atoms with Crippen LogP contribution in [0.5, 0.6) is 0 Å². The molecule has 0 bridgehead atoms. The van der Waals surface area contributed by atoms with Crippen LogP contribution in [0.1, 0.15) is 18.2 Å². The van der Waals surface area contributed by atoms with Gasteiger partial charge in [-0.15, -0.1) is 0 Å². The molecule has 0 fully saturated rings. The molecule has 10 nitrogen and oxygen atoms in total. The molecule has 0 unspecified atom stereocenters. The van der Waals surface area contributed by atoms with Crippen molar-refractivity contribution in [3.05, 3.63) is 147 Å². The van der Waals surface area contributed by atoms with Crippen LogP contribution < -0.4 is 0 Å². The molecule has 44 heavy (non-hydrogen) atoms. The molecule has 1 atom stereocenters. The third-order valence-corrected chi connectivity index (χ3v) is 7.61. The smallest absolute Gasteiger partial charge is 0.258 e. The first-order valence-electron chi connectivity index (χ1n) is 13.9. The summed E-state index contributed by atoms with van der Waals surface area (Å²) in [7, 11) is 0. The highest BCUT2D eigenvalue weighted by Crippen LogP contribution is 2.34. The lowest BCUT2D eigenvalue weighted by atomic mass is 9.97. The second-order valence-corrected chi connectivity index (χ2v) is 10.3. The predicted octanol–water partition coefficient (Wildman–Crippen LogP) is 7.69. The number of allylic oxidation sites excluding steroid dienone is 3. The van der Waals surface area contributed by atoms with E-state index in [1.807, 2.05) is 72.8 Å². The minimum absolute atomic E-state index is 0.00282. The molecule has 0 radical (unpaired) electrons. The Bertz CT molecular complexity index is 2160. The van der Waals surface area contributed by atoms with Crippen LogP contribution in [0.15, 0.2) is 121 Å². The van der Waals surface area contributed by atoms with Gasteiger partial charge in [-0.05, 0) is 36.8 Å². The van der Waals surface area contributed by atoms with Crippen molar-refractivity contribution in [2.75, 3.05) is 0 Å². The van der Waals surface area contributed by atoms with E-state index in [0.717, 1.165) is 44.3 Å². The largest absolute Gasteiger partial charge is 0.269 e. The van der Waals surface area contributed by atoms with Crippen molar-refractivity contribution in [2.45, 2.75) is 12.3 Å². The molecule has 1 aliphatic carbocycles. The van der Waals surface area contributed by atoms with Crippen LogP contribution in [-0.4, -0.2) is 29.8 Å². The van der Waals surface area contributed by atoms with Crippen molar-refractivity contribution in [3.63, 3.8) is 0 Å². The molecule has 0 aliphatic heterocycles. The number of nitro benzene ring substituents is 1. The Labute approximate surface area is 250 Å². The summed E-state index contributed by atoms with van der Waals surface area (Å²) in [4.78, 5) is 40.8. The van der Waals surface area contributed by atoms with Crippen molar-refractivity contribution in [1.82, 2.24) is 19.9 Å². The third kappa shape index (κ3) is 4.94. The normalized spacial score (nSPS) is 14.5. The van der Waals surface area contributed by atoms with Crippen LogP contribution in [0.3, 0.4) is 0 Å². The maximum Gasteiger partial charge on any atom is 0.269 e. The molecule has 2 heterocycles. The first kappa shape index (κ1) is 26.7. The van der Waals surface area contributed by atoms with Gasteiger partial charge in [0.05, 0.1) is 32.3 Å². The van der Waals surface area contributed by atoms with Gasteiger partial charge in [-0.1, -0.05) is 66.7 Å². The monoisotopic (exact) mass is 578 g/mol. The average molecular weight is 579 g/mol. The van der Waals surface area contributed by atoms with Gasteiger partial charge in [0.15, 0.2) is 5.82 Å². The van der Waals surface area contributed by atoms with Crippen molar-refractivity contribution >= 4 is 27.5 Å². The van der Waals surface area contributed by atoms with Crippen molar-refractivity contribution in [1.29, 1.82) is 0 Å². The Kier molecular flexibility index (Phi) is 6.63. The molecule has 6 aromatic rings. The molecule has 4 aromatic carbocycles. The number of non-ortho nitro benzene ring substituents is 1. The van der Waals surface area contributed by atoms with E-state index < -0.39 is 9.85 Å². The molecule has 0 spiro atoms. The SMILES string of the molecule is O=[N+]([O-])C1=CC[C@@H](c2nc(-c3ccc(-c4nc(-c5ccc([N+](=O)[O-])cc5)nc5ccccc45)cc3)c3ccccc3n2)C=C1. The number of para-hydroxylation sites is 2. The quantitative estimate of drug-likeness (QED) is 0.145. The number of hydrogen-bond acceptors (Lipinski definition) is 8. The summed E-state index contributed by atoms with van der Waals surface area (Å²) in [5.74, 6) is 0.901. The highest BCUT2D eigenvalue weighted by Gasteiger charge is 2.21. The zero-order valence-corrected chi connectivity index (χ0v) is 23.1. The fraction of sp³-hybridized carbons (Fsp3) is 0.0588. The van der Waals surface area contributed by atoms with E-state index >= 15 is 0 Å². The molecule has 0 amide bonds. The van der Waals surface area contributed by atoms with Crippen LogP contribution in [0.25, 0.3) is 55.7 Å². The molecule has 212 valence electrons. The van der Waals surface area contributed by atoms with Gasteiger partial charge in [-0.3, -0.25) is 20.2 Å². The zero-order chi connectivity index (χ0) is 30.2. The maximum absolute atomic E-state index is 11.2. The number of hydrogen-bond donors (Lipinski definition) is 0. The summed E-state index contributed by atoms with van der Waals surface area (Å²) in [5, 5.41) is 24.1. The summed E-state index contributed by atoms with van der Waals surface area (Å²) in [6, 6.07) is 29.7. The Morgan fingerprint density at radius 3 is 1.75 bits per heavy atom. The summed E-state index contributed by atoms with van der Waals surface area (Å²) >= 11 is 0. The molecular formula is C34H22N6O4. The summed E-state index contributed by atoms with van der Waals surface area (Å²) in [6.07, 6.45) is 5.35. The minimum Gasteiger partial charge on any atom is -0.258 e. The second-order valence-electron chi connectivity index (χ2n) is 10.3. The number of rotatable bonds is 6. The highest BCUT2D eigenvalue weighted by atomic mass is 16.6. The Hall–Kier alpha value is -6.16. The number of aromatic nitrogens is 4. The molecule has 2 aromatic heterocycles. The van der Waals surface area contributed by atoms with Gasteiger partial charge in [-0.25, -0.2) is 19.9 Å². The molecule has 0 saturated heterocycles. The van der Waals surface area contributed by atoms with E-state index in [2.05, 4.69) is 0 Å². The van der Waals surface area contributed by atoms with Crippen LogP contribution in [0, 0.1) is 20.2 Å². The van der Waals surface area contributed by atoms with Gasteiger partial charge in [0.25, 0.3) is 11.4 Å². The average Bonchev–Trinajstić information content (AvgIpc) is 3.07. The van der Waals surface area contributed by atoms with Gasteiger partial charge in [0.1, 0.15) is 5.82 Å². The standard InChI is InChI=1S/C34H22N6O4/c41-39(42)25-17-13-23(14-18-25)33-35-29-7-3-1-5-27(29)31(37-33)21-9-11-22(12-10-21)32-28-6-2-4-8-30(28)36-34(38-32)24-15-19-26(20-16-24)40(43)44/h1-15,17-20,24H,16H2/t24-/m0/s1. The van der Waals surface area contributed by atoms with E-state index in [9.17, 15) is 20.2 Å². The first-order valence-corrected chi connectivity index (χ1v) is 13.9. The number of nitrogens with zero attached hydrogens (tertiary/aromatic N) is 6. The Morgan fingerprint density at radius 2 is 1.18 bits per heavy atom. The van der Waals surface area contributed by atoms with Crippen molar-refractivity contribution in [2.24, 2.45) is 0 Å². The Balaban J connectivity index is 1.29. The second kappa shape index (κ2) is 10.9. The lowest BCUT2D eigenvalue weighted by Gasteiger charge is -2.15. The van der Waals surface area contributed by atoms with Gasteiger partial charge in [0, 0.05) is 51.6 Å². The third-order valence-electron chi connectivity index (χ3n) is 7.61. The fourth-order valence-corrected chi connectivity index (χ4v) is 5.36. The van der Waals surface area contributed by atoms with Gasteiger partial charge in [-0.2, -0.15) is 0 Å². The molecule has 10 heteroatoms. The van der Waals surface area contributed by atoms with Gasteiger partial charge < -0.3 is 0 Å². The first-order chi connectivity index (χ1) is 21.4. The molecular weight excluding hydrogens is 556 g/mol. The number of nitro groups is 2. The van der Waals surface area contributed by atoms with Crippen LogP contribution in [-0.2, 0) is 0 Å². The lowest BCUT2D eigenvalue weighted by molar-refractivity contribution is -0.419. The van der Waals surface area contributed by atoms with Gasteiger partial charge in [0.2, 0.25) is 0 Å². The number of fused-ring (bicyclic) bond motifs is 2. The fourth-order valence-electron chi connectivity index (χ4n) is 5.36. The lowest BCUT2D eigenvalue weighted by Crippen LogP contribution is -2.08. The summed E-state index contributed by atoms with van der Waals surface area (Å²) in [5.41, 5.74) is 5.59. The van der Waals surface area contributed by atoms with E-state index in [4.69, 9.17) is 19.9 Å². The summed E-state index contributed by atoms with van der Waals surface area (Å²) in [6.45, 7) is 0. The maximum atomic E-state index is 11.2. The van der Waals surface area contributed by atoms with Gasteiger partial charge >= 0.3 is 0 Å². The van der Waals surface area contributed by atoms with E-state index in [0.29, 0.717) is 23.6 Å². The zero-order valence-electron chi connectivity index (χ0n) is 23.1. The van der Waals surface area contributed by atoms with E-state index in [-0.39, 0.29) is 17.3 Å². The number of benzene rings is 4. The molecule has 7 rings (SSSR count). The highest BCUT2D eigenvalue weighted by molar-refractivity contribution is 5.95. The Morgan fingerprint density at radius 1 is 0.614 bits per heavy atom. The minimum atomic E-state index is -0.434.